The average molecular weight is 1330 g/mol. The highest BCUT2D eigenvalue weighted by atomic mass is 16.5. The molecular formula is C76H92O20. The van der Waals surface area contributed by atoms with E-state index in [-0.39, 0.29) is 96.1 Å². The molecule has 4 atom stereocenters. The molecule has 516 valence electrons. The van der Waals surface area contributed by atoms with Crippen LogP contribution >= 0.6 is 0 Å². The van der Waals surface area contributed by atoms with Gasteiger partial charge in [-0.3, -0.25) is 0 Å². The molecule has 0 aliphatic rings. The van der Waals surface area contributed by atoms with Crippen LogP contribution in [0.3, 0.4) is 0 Å². The van der Waals surface area contributed by atoms with Crippen LogP contribution in [-0.2, 0) is 71.1 Å². The molecule has 0 bridgehead atoms. The number of methoxy groups -OCH3 is 8. The van der Waals surface area contributed by atoms with Crippen molar-refractivity contribution < 1.29 is 97.7 Å². The van der Waals surface area contributed by atoms with E-state index in [9.17, 15) is 40.9 Å². The van der Waals surface area contributed by atoms with Crippen LogP contribution in [0.1, 0.15) is 70.2 Å². The Morgan fingerprint density at radius 1 is 0.229 bits per heavy atom. The molecule has 0 amide bonds. The first-order valence-corrected chi connectivity index (χ1v) is 31.6. The molecule has 0 saturated heterocycles. The van der Waals surface area contributed by atoms with E-state index in [2.05, 4.69) is 0 Å². The molecule has 0 aliphatic heterocycles. The van der Waals surface area contributed by atoms with Crippen molar-refractivity contribution in [1.82, 2.24) is 0 Å². The lowest BCUT2D eigenvalue weighted by molar-refractivity contribution is 0.0578. The van der Waals surface area contributed by atoms with E-state index < -0.39 is 0 Å². The normalized spacial score (nSPS) is 12.3. The molecule has 0 heterocycles. The fourth-order valence-electron chi connectivity index (χ4n) is 11.8. The molecule has 8 N–H and O–H groups in total. The van der Waals surface area contributed by atoms with Gasteiger partial charge in [0.2, 0.25) is 0 Å². The van der Waals surface area contributed by atoms with Gasteiger partial charge >= 0.3 is 0 Å². The summed E-state index contributed by atoms with van der Waals surface area (Å²) in [4.78, 5) is 0. The van der Waals surface area contributed by atoms with Gasteiger partial charge in [-0.15, -0.1) is 0 Å². The van der Waals surface area contributed by atoms with Gasteiger partial charge in [0, 0.05) is 61.7 Å². The highest BCUT2D eigenvalue weighted by Crippen LogP contribution is 2.36. The van der Waals surface area contributed by atoms with Crippen LogP contribution in [0.25, 0.3) is 0 Å². The molecule has 8 aromatic carbocycles. The summed E-state index contributed by atoms with van der Waals surface area (Å²) in [6.07, 6.45) is 5.82. The van der Waals surface area contributed by atoms with Gasteiger partial charge < -0.3 is 97.7 Å². The van der Waals surface area contributed by atoms with Gasteiger partial charge in [0.1, 0.15) is 92.0 Å². The van der Waals surface area contributed by atoms with E-state index in [1.165, 1.54) is 24.3 Å². The standard InChI is InChI=1S/2C38H46O10/c2*1-43-35-14-25(15-36(20-35)44-2)8-29(6-5-7-47-22-27-10-31(39)18-32(40)11-27)30(9-26-16-37(45-3)21-38(17-26)46-4)24-48-23-28-12-33(41)19-34(42)13-28/h2*10-21,29-30,39-42H,5-9,22-24H2,1-4H3/t2*29-,30+/m10/s1. The Kier molecular flexibility index (Phi) is 29.3. The second kappa shape index (κ2) is 38.1. The predicted molar refractivity (Wildman–Crippen MR) is 363 cm³/mol. The number of phenols is 8. The lowest BCUT2D eigenvalue weighted by atomic mass is 9.80. The zero-order valence-electron chi connectivity index (χ0n) is 56.0. The molecule has 0 unspecified atom stereocenters. The second-order valence-electron chi connectivity index (χ2n) is 23.6. The zero-order chi connectivity index (χ0) is 68.9. The van der Waals surface area contributed by atoms with Crippen molar-refractivity contribution in [3.63, 3.8) is 0 Å². The van der Waals surface area contributed by atoms with Gasteiger partial charge in [-0.05, 0) is 217 Å². The Labute approximate surface area is 562 Å². The Balaban J connectivity index is 0.000000271. The molecule has 0 radical (unpaired) electrons. The molecule has 20 heteroatoms. The van der Waals surface area contributed by atoms with Gasteiger partial charge in [0.25, 0.3) is 0 Å². The van der Waals surface area contributed by atoms with Crippen LogP contribution in [0.15, 0.2) is 146 Å². The molecule has 8 aromatic rings. The first-order chi connectivity index (χ1) is 46.3. The molecule has 0 aliphatic carbocycles. The smallest absolute Gasteiger partial charge is 0.122 e. The minimum absolute atomic E-state index is 0.0136. The van der Waals surface area contributed by atoms with E-state index in [4.69, 9.17) is 56.8 Å². The Hall–Kier alpha value is -9.60. The number of rotatable bonds is 38. The first-order valence-electron chi connectivity index (χ1n) is 31.6. The summed E-state index contributed by atoms with van der Waals surface area (Å²) in [5.41, 5.74) is 6.86. The van der Waals surface area contributed by atoms with Gasteiger partial charge in [-0.1, -0.05) is 0 Å². The van der Waals surface area contributed by atoms with E-state index in [0.717, 1.165) is 47.9 Å². The molecule has 0 aromatic heterocycles. The molecule has 0 fully saturated rings. The van der Waals surface area contributed by atoms with Crippen LogP contribution in [0, 0.1) is 23.7 Å². The highest BCUT2D eigenvalue weighted by Gasteiger charge is 2.27. The van der Waals surface area contributed by atoms with Gasteiger partial charge in [-0.25, -0.2) is 0 Å². The fourth-order valence-corrected chi connectivity index (χ4v) is 11.8. The zero-order valence-corrected chi connectivity index (χ0v) is 56.0. The van der Waals surface area contributed by atoms with E-state index >= 15 is 0 Å². The SMILES string of the molecule is COc1cc(C[C@@H](CCCOCc2cc(O)cc(O)c2)[C@H](COCc2cc(O)cc(O)c2)Cc2cc(OC)cc(OC)c2)cc(OC)c1.COc1cc(C[C@H](CCCOCc2cc(O)cc(O)c2)[C@@H](COCc2cc(O)cc(O)c2)Cc2cc(OC)cc(OC)c2)cc(OC)c1. The van der Waals surface area contributed by atoms with Crippen LogP contribution in [0.5, 0.6) is 92.0 Å². The third-order valence-corrected chi connectivity index (χ3v) is 16.3. The minimum atomic E-state index is -0.0283. The monoisotopic (exact) mass is 1320 g/mol. The van der Waals surface area contributed by atoms with Crippen LogP contribution < -0.4 is 37.9 Å². The Morgan fingerprint density at radius 2 is 0.427 bits per heavy atom. The van der Waals surface area contributed by atoms with Crippen molar-refractivity contribution in [1.29, 1.82) is 0 Å². The fraction of sp³-hybridized carbons (Fsp3) is 0.368. The summed E-state index contributed by atoms with van der Waals surface area (Å²) < 4.78 is 68.9. The molecule has 96 heavy (non-hydrogen) atoms. The quantitative estimate of drug-likeness (QED) is 0.0167. The van der Waals surface area contributed by atoms with Crippen molar-refractivity contribution in [2.24, 2.45) is 23.7 Å². The second-order valence-corrected chi connectivity index (χ2v) is 23.6. The average Bonchev–Trinajstić information content (AvgIpc) is 0.966. The first kappa shape index (κ1) is 73.8. The molecular weight excluding hydrogens is 1230 g/mol. The Bertz CT molecular complexity index is 3280. The maximum absolute atomic E-state index is 9.98. The van der Waals surface area contributed by atoms with Crippen molar-refractivity contribution in [3.05, 3.63) is 190 Å². The third-order valence-electron chi connectivity index (χ3n) is 16.3. The van der Waals surface area contributed by atoms with Crippen molar-refractivity contribution in [2.45, 2.75) is 77.8 Å². The third kappa shape index (κ3) is 24.6. The van der Waals surface area contributed by atoms with Crippen molar-refractivity contribution in [2.75, 3.05) is 83.3 Å². The largest absolute Gasteiger partial charge is 0.508 e. The number of phenolic OH excluding ortho intramolecular Hbond substituents is 8. The van der Waals surface area contributed by atoms with Crippen LogP contribution in [0.2, 0.25) is 0 Å². The molecule has 20 nitrogen and oxygen atoms in total. The Morgan fingerprint density at radius 3 is 0.635 bits per heavy atom. The van der Waals surface area contributed by atoms with Crippen LogP contribution in [-0.4, -0.2) is 124 Å². The summed E-state index contributed by atoms with van der Waals surface area (Å²) in [7, 11) is 13.0. The molecule has 8 rings (SSSR count). The summed E-state index contributed by atoms with van der Waals surface area (Å²) in [5.74, 6) is 5.70. The van der Waals surface area contributed by atoms with Gasteiger partial charge in [0.15, 0.2) is 0 Å². The van der Waals surface area contributed by atoms with E-state index in [1.807, 2.05) is 72.8 Å². The maximum atomic E-state index is 9.98. The van der Waals surface area contributed by atoms with Crippen LogP contribution in [0.4, 0.5) is 0 Å². The predicted octanol–water partition coefficient (Wildman–Crippen LogP) is 13.5. The summed E-state index contributed by atoms with van der Waals surface area (Å²) >= 11 is 0. The number of benzene rings is 8. The summed E-state index contributed by atoms with van der Waals surface area (Å²) in [6, 6.07) is 41.2. The van der Waals surface area contributed by atoms with Crippen molar-refractivity contribution >= 4 is 0 Å². The number of hydrogen-bond donors (Lipinski definition) is 8. The van der Waals surface area contributed by atoms with Gasteiger partial charge in [0.05, 0.1) is 96.5 Å². The summed E-state index contributed by atoms with van der Waals surface area (Å²) in [6.45, 7) is 2.66. The van der Waals surface area contributed by atoms with Crippen molar-refractivity contribution in [3.8, 4) is 92.0 Å². The lowest BCUT2D eigenvalue weighted by Crippen LogP contribution is -2.25. The van der Waals surface area contributed by atoms with Gasteiger partial charge in [-0.2, -0.15) is 0 Å². The topological polar surface area (TPSA) is 273 Å². The highest BCUT2D eigenvalue weighted by molar-refractivity contribution is 5.44. The minimum Gasteiger partial charge on any atom is -0.508 e. The van der Waals surface area contributed by atoms with E-state index in [0.29, 0.717) is 120 Å². The number of ether oxygens (including phenoxy) is 12. The number of hydrogen-bond acceptors (Lipinski definition) is 20. The lowest BCUT2D eigenvalue weighted by Gasteiger charge is -2.28. The number of aromatic hydroxyl groups is 8. The molecule has 0 spiro atoms. The maximum Gasteiger partial charge on any atom is 0.122 e. The van der Waals surface area contributed by atoms with E-state index in [1.54, 1.807) is 105 Å². The summed E-state index contributed by atoms with van der Waals surface area (Å²) in [5, 5.41) is 79.2. The molecule has 0 saturated carbocycles.